The Balaban J connectivity index is 2.09. The molecule has 0 atom stereocenters. The van der Waals surface area contributed by atoms with E-state index in [2.05, 4.69) is 10.6 Å². The number of hydrogen-bond donors (Lipinski definition) is 2. The number of anilines is 1. The van der Waals surface area contributed by atoms with E-state index in [1.165, 1.54) is 28.3 Å². The van der Waals surface area contributed by atoms with Crippen LogP contribution in [0, 0.1) is 0 Å². The standard InChI is InChI=1S/C19H22N2O5/c1-12(22)21-15-7-5-13(6-8-15)11-20-19(23)14-9-16(24-2)18(26-4)17(10-14)25-3/h5-10H,11H2,1-4H3,(H,20,23)(H,21,22). The smallest absolute Gasteiger partial charge is 0.251 e. The molecule has 0 fully saturated rings. The van der Waals surface area contributed by atoms with Gasteiger partial charge in [-0.3, -0.25) is 9.59 Å². The fraction of sp³-hybridized carbons (Fsp3) is 0.263. The van der Waals surface area contributed by atoms with Crippen LogP contribution in [0.2, 0.25) is 0 Å². The molecule has 0 aliphatic rings. The Labute approximate surface area is 152 Å². The Kier molecular flexibility index (Phi) is 6.43. The normalized spacial score (nSPS) is 10.0. The van der Waals surface area contributed by atoms with Gasteiger partial charge >= 0.3 is 0 Å². The molecule has 0 saturated carbocycles. The van der Waals surface area contributed by atoms with Crippen LogP contribution in [0.1, 0.15) is 22.8 Å². The average Bonchev–Trinajstić information content (AvgIpc) is 2.65. The first-order chi connectivity index (χ1) is 12.5. The first-order valence-electron chi connectivity index (χ1n) is 7.93. The number of hydrogen-bond acceptors (Lipinski definition) is 5. The highest BCUT2D eigenvalue weighted by molar-refractivity contribution is 5.95. The summed E-state index contributed by atoms with van der Waals surface area (Å²) in [5.41, 5.74) is 2.01. The maximum absolute atomic E-state index is 12.4. The fourth-order valence-electron chi connectivity index (χ4n) is 2.41. The van der Waals surface area contributed by atoms with Crippen molar-refractivity contribution in [2.75, 3.05) is 26.6 Å². The van der Waals surface area contributed by atoms with E-state index in [0.717, 1.165) is 5.56 Å². The maximum atomic E-state index is 12.4. The summed E-state index contributed by atoms with van der Waals surface area (Å²) in [5, 5.41) is 5.53. The molecule has 0 radical (unpaired) electrons. The molecule has 2 rings (SSSR count). The van der Waals surface area contributed by atoms with Gasteiger partial charge in [-0.2, -0.15) is 0 Å². The van der Waals surface area contributed by atoms with Gasteiger partial charge in [0, 0.05) is 24.7 Å². The molecule has 138 valence electrons. The number of ether oxygens (including phenoxy) is 3. The number of carbonyl (C=O) groups is 2. The minimum atomic E-state index is -0.268. The van der Waals surface area contributed by atoms with E-state index in [1.54, 1.807) is 24.3 Å². The van der Waals surface area contributed by atoms with Crippen LogP contribution in [0.5, 0.6) is 17.2 Å². The molecule has 0 aliphatic carbocycles. The minimum absolute atomic E-state index is 0.131. The molecule has 2 amide bonds. The Morgan fingerprint density at radius 1 is 0.923 bits per heavy atom. The van der Waals surface area contributed by atoms with E-state index in [-0.39, 0.29) is 11.8 Å². The number of amides is 2. The van der Waals surface area contributed by atoms with Gasteiger partial charge in [0.15, 0.2) is 11.5 Å². The van der Waals surface area contributed by atoms with Gasteiger partial charge in [0.25, 0.3) is 5.91 Å². The van der Waals surface area contributed by atoms with Crippen LogP contribution in [0.4, 0.5) is 5.69 Å². The molecule has 26 heavy (non-hydrogen) atoms. The first kappa shape index (κ1) is 19.1. The Bertz CT molecular complexity index is 762. The van der Waals surface area contributed by atoms with Gasteiger partial charge in [0.05, 0.1) is 21.3 Å². The predicted molar refractivity (Wildman–Crippen MR) is 98.0 cm³/mol. The Hall–Kier alpha value is -3.22. The molecule has 0 saturated heterocycles. The lowest BCUT2D eigenvalue weighted by atomic mass is 10.1. The van der Waals surface area contributed by atoms with E-state index in [1.807, 2.05) is 12.1 Å². The topological polar surface area (TPSA) is 85.9 Å². The first-order valence-corrected chi connectivity index (χ1v) is 7.93. The van der Waals surface area contributed by atoms with Crippen molar-refractivity contribution in [3.63, 3.8) is 0 Å². The van der Waals surface area contributed by atoms with Crippen LogP contribution in [0.15, 0.2) is 36.4 Å². The molecule has 0 spiro atoms. The molecule has 0 aromatic heterocycles. The maximum Gasteiger partial charge on any atom is 0.251 e. The summed E-state index contributed by atoms with van der Waals surface area (Å²) in [6.07, 6.45) is 0. The molecule has 2 N–H and O–H groups in total. The van der Waals surface area contributed by atoms with Crippen molar-refractivity contribution in [1.82, 2.24) is 5.32 Å². The molecule has 0 aliphatic heterocycles. The molecule has 0 unspecified atom stereocenters. The molecule has 7 nitrogen and oxygen atoms in total. The quantitative estimate of drug-likeness (QED) is 0.795. The van der Waals surface area contributed by atoms with Gasteiger partial charge in [0.2, 0.25) is 11.7 Å². The van der Waals surface area contributed by atoms with Crippen molar-refractivity contribution in [3.05, 3.63) is 47.5 Å². The highest BCUT2D eigenvalue weighted by Crippen LogP contribution is 2.38. The SMILES string of the molecule is COc1cc(C(=O)NCc2ccc(NC(C)=O)cc2)cc(OC)c1OC. The lowest BCUT2D eigenvalue weighted by molar-refractivity contribution is -0.114. The summed E-state index contributed by atoms with van der Waals surface area (Å²) in [6.45, 7) is 1.79. The van der Waals surface area contributed by atoms with Crippen molar-refractivity contribution in [2.45, 2.75) is 13.5 Å². The molecular formula is C19H22N2O5. The summed E-state index contributed by atoms with van der Waals surface area (Å²) in [4.78, 5) is 23.5. The van der Waals surface area contributed by atoms with Crippen molar-refractivity contribution in [2.24, 2.45) is 0 Å². The largest absolute Gasteiger partial charge is 0.493 e. The minimum Gasteiger partial charge on any atom is -0.493 e. The van der Waals surface area contributed by atoms with Crippen LogP contribution in [-0.2, 0) is 11.3 Å². The lowest BCUT2D eigenvalue weighted by Gasteiger charge is -2.14. The number of benzene rings is 2. The molecule has 2 aromatic rings. The second-order valence-electron chi connectivity index (χ2n) is 5.47. The van der Waals surface area contributed by atoms with Gasteiger partial charge in [-0.05, 0) is 29.8 Å². The zero-order valence-electron chi connectivity index (χ0n) is 15.2. The highest BCUT2D eigenvalue weighted by Gasteiger charge is 2.16. The van der Waals surface area contributed by atoms with Gasteiger partial charge in [-0.15, -0.1) is 0 Å². The van der Waals surface area contributed by atoms with Crippen LogP contribution in [0.25, 0.3) is 0 Å². The Morgan fingerprint density at radius 3 is 1.96 bits per heavy atom. The van der Waals surface area contributed by atoms with Gasteiger partial charge in [-0.25, -0.2) is 0 Å². The van der Waals surface area contributed by atoms with E-state index in [4.69, 9.17) is 14.2 Å². The zero-order valence-corrected chi connectivity index (χ0v) is 15.2. The van der Waals surface area contributed by atoms with Crippen molar-refractivity contribution in [1.29, 1.82) is 0 Å². The fourth-order valence-corrected chi connectivity index (χ4v) is 2.41. The second-order valence-corrected chi connectivity index (χ2v) is 5.47. The third-order valence-electron chi connectivity index (χ3n) is 3.65. The van der Waals surface area contributed by atoms with Crippen LogP contribution in [0.3, 0.4) is 0 Å². The summed E-state index contributed by atoms with van der Waals surface area (Å²) >= 11 is 0. The lowest BCUT2D eigenvalue weighted by Crippen LogP contribution is -2.23. The average molecular weight is 358 g/mol. The monoisotopic (exact) mass is 358 g/mol. The van der Waals surface area contributed by atoms with E-state index >= 15 is 0 Å². The van der Waals surface area contributed by atoms with Crippen LogP contribution >= 0.6 is 0 Å². The van der Waals surface area contributed by atoms with Crippen molar-refractivity contribution in [3.8, 4) is 17.2 Å². The van der Waals surface area contributed by atoms with E-state index < -0.39 is 0 Å². The molecular weight excluding hydrogens is 336 g/mol. The summed E-state index contributed by atoms with van der Waals surface area (Å²) in [6, 6.07) is 10.4. The Morgan fingerprint density at radius 2 is 1.50 bits per heavy atom. The van der Waals surface area contributed by atoms with E-state index in [0.29, 0.717) is 35.0 Å². The third-order valence-corrected chi connectivity index (χ3v) is 3.65. The molecule has 0 heterocycles. The summed E-state index contributed by atoms with van der Waals surface area (Å²) < 4.78 is 15.8. The predicted octanol–water partition coefficient (Wildman–Crippen LogP) is 2.60. The van der Waals surface area contributed by atoms with Gasteiger partial charge in [0.1, 0.15) is 0 Å². The number of methoxy groups -OCH3 is 3. The molecule has 2 aromatic carbocycles. The van der Waals surface area contributed by atoms with Gasteiger partial charge in [-0.1, -0.05) is 12.1 Å². The summed E-state index contributed by atoms with van der Waals surface area (Å²) in [5.74, 6) is 0.858. The van der Waals surface area contributed by atoms with E-state index in [9.17, 15) is 9.59 Å². The third kappa shape index (κ3) is 4.66. The van der Waals surface area contributed by atoms with Crippen LogP contribution in [-0.4, -0.2) is 33.1 Å². The van der Waals surface area contributed by atoms with Gasteiger partial charge < -0.3 is 24.8 Å². The zero-order chi connectivity index (χ0) is 19.1. The summed E-state index contributed by atoms with van der Waals surface area (Å²) in [7, 11) is 4.50. The van der Waals surface area contributed by atoms with Crippen molar-refractivity contribution >= 4 is 17.5 Å². The highest BCUT2D eigenvalue weighted by atomic mass is 16.5. The number of nitrogens with one attached hydrogen (secondary N) is 2. The number of rotatable bonds is 7. The number of carbonyl (C=O) groups excluding carboxylic acids is 2. The second kappa shape index (κ2) is 8.75. The van der Waals surface area contributed by atoms with Crippen molar-refractivity contribution < 1.29 is 23.8 Å². The molecule has 0 bridgehead atoms. The van der Waals surface area contributed by atoms with Crippen LogP contribution < -0.4 is 24.8 Å². The molecule has 7 heteroatoms.